The maximum atomic E-state index is 11.7. The maximum absolute atomic E-state index is 11.7. The van der Waals surface area contributed by atoms with Crippen LogP contribution in [0.1, 0.15) is 90.9 Å². The van der Waals surface area contributed by atoms with Gasteiger partial charge < -0.3 is 9.64 Å². The molecule has 0 aromatic carbocycles. The molecule has 0 amide bonds. The summed E-state index contributed by atoms with van der Waals surface area (Å²) in [7, 11) is 4.12. The number of carbonyl (C=O) groups is 1. The molecular formula is C19H39NO2. The smallest absolute Gasteiger partial charge is 0.307 e. The SMILES string of the molecule is CCCCCCCCCCCC(CC(=O)OCCC)N(C)C. The molecule has 0 aromatic rings. The molecule has 0 rings (SSSR count). The summed E-state index contributed by atoms with van der Waals surface area (Å²) in [5.74, 6) is -0.0449. The summed E-state index contributed by atoms with van der Waals surface area (Å²) in [5, 5.41) is 0. The second-order valence-corrected chi connectivity index (χ2v) is 6.66. The van der Waals surface area contributed by atoms with Crippen molar-refractivity contribution in [3.8, 4) is 0 Å². The largest absolute Gasteiger partial charge is 0.466 e. The lowest BCUT2D eigenvalue weighted by Crippen LogP contribution is -2.31. The zero-order valence-corrected chi connectivity index (χ0v) is 15.5. The van der Waals surface area contributed by atoms with Crippen LogP contribution in [0.2, 0.25) is 0 Å². The Labute approximate surface area is 138 Å². The summed E-state index contributed by atoms with van der Waals surface area (Å²) in [6.07, 6.45) is 14.7. The topological polar surface area (TPSA) is 29.5 Å². The van der Waals surface area contributed by atoms with Crippen LogP contribution in [0.3, 0.4) is 0 Å². The van der Waals surface area contributed by atoms with Crippen LogP contribution in [0.5, 0.6) is 0 Å². The summed E-state index contributed by atoms with van der Waals surface area (Å²) in [6, 6.07) is 0.328. The molecule has 1 unspecified atom stereocenters. The van der Waals surface area contributed by atoms with Crippen LogP contribution in [0.15, 0.2) is 0 Å². The molecule has 0 aliphatic carbocycles. The van der Waals surface area contributed by atoms with E-state index >= 15 is 0 Å². The molecule has 0 aliphatic rings. The van der Waals surface area contributed by atoms with Crippen LogP contribution in [0.25, 0.3) is 0 Å². The van der Waals surface area contributed by atoms with Crippen molar-refractivity contribution in [2.75, 3.05) is 20.7 Å². The number of hydrogen-bond acceptors (Lipinski definition) is 3. The van der Waals surface area contributed by atoms with Gasteiger partial charge in [-0.1, -0.05) is 71.6 Å². The highest BCUT2D eigenvalue weighted by molar-refractivity contribution is 5.70. The molecule has 3 nitrogen and oxygen atoms in total. The predicted octanol–water partition coefficient (Wildman–Crippen LogP) is 5.18. The van der Waals surface area contributed by atoms with Crippen molar-refractivity contribution in [3.63, 3.8) is 0 Å². The van der Waals surface area contributed by atoms with Gasteiger partial charge in [0.2, 0.25) is 0 Å². The van der Waals surface area contributed by atoms with Gasteiger partial charge in [0.15, 0.2) is 0 Å². The zero-order chi connectivity index (χ0) is 16.6. The fourth-order valence-corrected chi connectivity index (χ4v) is 2.70. The van der Waals surface area contributed by atoms with Crippen LogP contribution < -0.4 is 0 Å². The Kier molecular flexibility index (Phi) is 14.9. The van der Waals surface area contributed by atoms with E-state index in [1.54, 1.807) is 0 Å². The van der Waals surface area contributed by atoms with E-state index in [2.05, 4.69) is 25.9 Å². The number of hydrogen-bond donors (Lipinski definition) is 0. The molecule has 0 aliphatic heterocycles. The van der Waals surface area contributed by atoms with Gasteiger partial charge in [-0.3, -0.25) is 4.79 Å². The standard InChI is InChI=1S/C19H39NO2/c1-5-7-8-9-10-11-12-13-14-15-18(20(3)4)17-19(21)22-16-6-2/h18H,5-17H2,1-4H3. The molecule has 0 N–H and O–H groups in total. The molecule has 0 heterocycles. The van der Waals surface area contributed by atoms with Crippen molar-refractivity contribution >= 4 is 5.97 Å². The van der Waals surface area contributed by atoms with Crippen molar-refractivity contribution in [2.45, 2.75) is 96.9 Å². The van der Waals surface area contributed by atoms with Crippen molar-refractivity contribution in [1.82, 2.24) is 4.90 Å². The first-order chi connectivity index (χ1) is 10.6. The van der Waals surface area contributed by atoms with Crippen LogP contribution in [-0.2, 0) is 9.53 Å². The van der Waals surface area contributed by atoms with E-state index in [0.29, 0.717) is 19.1 Å². The predicted molar refractivity (Wildman–Crippen MR) is 95.2 cm³/mol. The molecule has 0 saturated heterocycles. The fourth-order valence-electron chi connectivity index (χ4n) is 2.70. The van der Waals surface area contributed by atoms with Crippen molar-refractivity contribution in [2.24, 2.45) is 0 Å². The molecule has 0 aromatic heterocycles. The summed E-state index contributed by atoms with van der Waals surface area (Å²) < 4.78 is 5.20. The Hall–Kier alpha value is -0.570. The van der Waals surface area contributed by atoms with Gasteiger partial charge in [0.1, 0.15) is 0 Å². The number of ether oxygens (including phenoxy) is 1. The molecule has 0 bridgehead atoms. The quantitative estimate of drug-likeness (QED) is 0.308. The van der Waals surface area contributed by atoms with Gasteiger partial charge >= 0.3 is 5.97 Å². The first-order valence-corrected chi connectivity index (χ1v) is 9.43. The molecule has 0 radical (unpaired) electrons. The average molecular weight is 314 g/mol. The van der Waals surface area contributed by atoms with Crippen LogP contribution in [-0.4, -0.2) is 37.6 Å². The first-order valence-electron chi connectivity index (χ1n) is 9.43. The van der Waals surface area contributed by atoms with Crippen LogP contribution in [0.4, 0.5) is 0 Å². The monoisotopic (exact) mass is 313 g/mol. The normalized spacial score (nSPS) is 12.6. The van der Waals surface area contributed by atoms with Gasteiger partial charge in [-0.2, -0.15) is 0 Å². The summed E-state index contributed by atoms with van der Waals surface area (Å²) >= 11 is 0. The molecule has 0 saturated carbocycles. The Morgan fingerprint density at radius 1 is 0.864 bits per heavy atom. The highest BCUT2D eigenvalue weighted by Crippen LogP contribution is 2.14. The summed E-state index contributed by atoms with van der Waals surface area (Å²) in [4.78, 5) is 13.9. The Bertz CT molecular complexity index is 254. The van der Waals surface area contributed by atoms with Gasteiger partial charge in [-0.05, 0) is 26.9 Å². The summed E-state index contributed by atoms with van der Waals surface area (Å²) in [6.45, 7) is 4.84. The molecule has 22 heavy (non-hydrogen) atoms. The van der Waals surface area contributed by atoms with Crippen molar-refractivity contribution in [1.29, 1.82) is 0 Å². The fraction of sp³-hybridized carbons (Fsp3) is 0.947. The highest BCUT2D eigenvalue weighted by atomic mass is 16.5. The number of unbranched alkanes of at least 4 members (excludes halogenated alkanes) is 8. The lowest BCUT2D eigenvalue weighted by atomic mass is 10.0. The third-order valence-corrected chi connectivity index (χ3v) is 4.24. The minimum absolute atomic E-state index is 0.0449. The maximum Gasteiger partial charge on any atom is 0.307 e. The van der Waals surface area contributed by atoms with Gasteiger partial charge in [-0.15, -0.1) is 0 Å². The Balaban J connectivity index is 3.63. The molecule has 1 atom stereocenters. The Morgan fingerprint density at radius 3 is 1.91 bits per heavy atom. The summed E-state index contributed by atoms with van der Waals surface area (Å²) in [5.41, 5.74) is 0. The van der Waals surface area contributed by atoms with Crippen molar-refractivity contribution < 1.29 is 9.53 Å². The van der Waals surface area contributed by atoms with E-state index in [-0.39, 0.29) is 5.97 Å². The van der Waals surface area contributed by atoms with E-state index in [9.17, 15) is 4.79 Å². The Morgan fingerprint density at radius 2 is 1.41 bits per heavy atom. The van der Waals surface area contributed by atoms with Gasteiger partial charge in [0, 0.05) is 6.04 Å². The zero-order valence-electron chi connectivity index (χ0n) is 15.5. The van der Waals surface area contributed by atoms with E-state index in [4.69, 9.17) is 4.74 Å². The van der Waals surface area contributed by atoms with E-state index in [1.165, 1.54) is 57.8 Å². The van der Waals surface area contributed by atoms with Gasteiger partial charge in [-0.25, -0.2) is 0 Å². The second-order valence-electron chi connectivity index (χ2n) is 6.66. The molecule has 0 fully saturated rings. The second kappa shape index (κ2) is 15.3. The average Bonchev–Trinajstić information content (AvgIpc) is 2.49. The van der Waals surface area contributed by atoms with E-state index < -0.39 is 0 Å². The number of nitrogens with zero attached hydrogens (tertiary/aromatic N) is 1. The van der Waals surface area contributed by atoms with Crippen LogP contribution in [0, 0.1) is 0 Å². The molecule has 3 heteroatoms. The minimum atomic E-state index is -0.0449. The molecular weight excluding hydrogens is 274 g/mol. The highest BCUT2D eigenvalue weighted by Gasteiger charge is 2.16. The van der Waals surface area contributed by atoms with Gasteiger partial charge in [0.25, 0.3) is 0 Å². The number of carbonyl (C=O) groups excluding carboxylic acids is 1. The van der Waals surface area contributed by atoms with Gasteiger partial charge in [0.05, 0.1) is 13.0 Å². The van der Waals surface area contributed by atoms with Crippen molar-refractivity contribution in [3.05, 3.63) is 0 Å². The molecule has 0 spiro atoms. The van der Waals surface area contributed by atoms with E-state index in [0.717, 1.165) is 12.8 Å². The third kappa shape index (κ3) is 13.1. The number of rotatable bonds is 15. The first kappa shape index (κ1) is 21.4. The lowest BCUT2D eigenvalue weighted by molar-refractivity contribution is -0.145. The minimum Gasteiger partial charge on any atom is -0.466 e. The van der Waals surface area contributed by atoms with Crippen LogP contribution >= 0.6 is 0 Å². The lowest BCUT2D eigenvalue weighted by Gasteiger charge is -2.23. The third-order valence-electron chi connectivity index (χ3n) is 4.24. The molecule has 132 valence electrons. The van der Waals surface area contributed by atoms with E-state index in [1.807, 2.05) is 6.92 Å². The number of esters is 1.